The lowest BCUT2D eigenvalue weighted by molar-refractivity contribution is -0.385. The fourth-order valence-corrected chi connectivity index (χ4v) is 2.78. The largest absolute Gasteiger partial charge is 0.495 e. The Kier molecular flexibility index (Phi) is 4.81. The van der Waals surface area contributed by atoms with E-state index in [9.17, 15) is 18.5 Å². The van der Waals surface area contributed by atoms with Crippen LogP contribution in [-0.2, 0) is 10.0 Å². The van der Waals surface area contributed by atoms with Crippen LogP contribution in [0.2, 0.25) is 0 Å². The van der Waals surface area contributed by atoms with Crippen molar-refractivity contribution >= 4 is 15.7 Å². The van der Waals surface area contributed by atoms with E-state index in [2.05, 4.69) is 4.72 Å². The van der Waals surface area contributed by atoms with Crippen molar-refractivity contribution in [3.05, 3.63) is 28.3 Å². The minimum absolute atomic E-state index is 0.0917. The van der Waals surface area contributed by atoms with Gasteiger partial charge >= 0.3 is 0 Å². The number of nitro benzene ring substituents is 1. The minimum Gasteiger partial charge on any atom is -0.495 e. The highest BCUT2D eigenvalue weighted by Crippen LogP contribution is 2.28. The normalized spacial score (nSPS) is 13.0. The molecular formula is C10H15N3O5S. The molecule has 3 N–H and O–H groups in total. The van der Waals surface area contributed by atoms with E-state index in [0.717, 1.165) is 18.2 Å². The number of non-ortho nitro benzene ring substituents is 1. The van der Waals surface area contributed by atoms with E-state index in [1.54, 1.807) is 6.92 Å². The van der Waals surface area contributed by atoms with Crippen LogP contribution in [0.1, 0.15) is 6.92 Å². The van der Waals surface area contributed by atoms with E-state index >= 15 is 0 Å². The van der Waals surface area contributed by atoms with Gasteiger partial charge in [-0.3, -0.25) is 10.1 Å². The molecule has 1 atom stereocenters. The Labute approximate surface area is 110 Å². The Bertz CT molecular complexity index is 573. The highest BCUT2D eigenvalue weighted by Gasteiger charge is 2.23. The summed E-state index contributed by atoms with van der Waals surface area (Å²) in [5, 5.41) is 10.6. The van der Waals surface area contributed by atoms with E-state index in [0.29, 0.717) is 0 Å². The molecule has 0 saturated heterocycles. The Hall–Kier alpha value is -1.71. The molecule has 0 fully saturated rings. The molecule has 0 heterocycles. The third-order valence-electron chi connectivity index (χ3n) is 2.36. The number of hydrogen-bond donors (Lipinski definition) is 2. The molecule has 1 unspecified atom stereocenters. The molecule has 1 aromatic carbocycles. The maximum atomic E-state index is 12.0. The molecular weight excluding hydrogens is 274 g/mol. The third-order valence-corrected chi connectivity index (χ3v) is 3.99. The molecule has 0 spiro atoms. The predicted molar refractivity (Wildman–Crippen MR) is 68.5 cm³/mol. The first kappa shape index (κ1) is 15.3. The number of rotatable bonds is 6. The van der Waals surface area contributed by atoms with Crippen LogP contribution in [0.15, 0.2) is 23.1 Å². The summed E-state index contributed by atoms with van der Waals surface area (Å²) in [6, 6.07) is 2.83. The van der Waals surface area contributed by atoms with Crippen LogP contribution >= 0.6 is 0 Å². The minimum atomic E-state index is -3.83. The first-order chi connectivity index (χ1) is 8.81. The molecule has 19 heavy (non-hydrogen) atoms. The summed E-state index contributed by atoms with van der Waals surface area (Å²) in [6.45, 7) is 1.74. The number of nitro groups is 1. The summed E-state index contributed by atoms with van der Waals surface area (Å²) in [4.78, 5) is 9.83. The quantitative estimate of drug-likeness (QED) is 0.570. The van der Waals surface area contributed by atoms with Gasteiger partial charge in [0.1, 0.15) is 10.6 Å². The van der Waals surface area contributed by atoms with Crippen molar-refractivity contribution in [2.24, 2.45) is 5.73 Å². The van der Waals surface area contributed by atoms with Crippen LogP contribution in [0.3, 0.4) is 0 Å². The van der Waals surface area contributed by atoms with Gasteiger partial charge in [0.05, 0.1) is 18.1 Å². The van der Waals surface area contributed by atoms with Crippen LogP contribution in [-0.4, -0.2) is 33.0 Å². The van der Waals surface area contributed by atoms with Crippen LogP contribution in [0, 0.1) is 10.1 Å². The number of nitrogens with zero attached hydrogens (tertiary/aromatic N) is 1. The third kappa shape index (κ3) is 3.63. The molecule has 9 heteroatoms. The van der Waals surface area contributed by atoms with Gasteiger partial charge in [-0.2, -0.15) is 0 Å². The summed E-state index contributed by atoms with van der Waals surface area (Å²) in [5.74, 6) is -0.0917. The van der Waals surface area contributed by atoms with E-state index in [1.165, 1.54) is 7.11 Å². The molecule has 0 aliphatic heterocycles. The Morgan fingerprint density at radius 3 is 2.63 bits per heavy atom. The zero-order valence-corrected chi connectivity index (χ0v) is 11.3. The highest BCUT2D eigenvalue weighted by molar-refractivity contribution is 7.89. The van der Waals surface area contributed by atoms with Crippen LogP contribution < -0.4 is 15.2 Å². The number of ether oxygens (including phenoxy) is 1. The predicted octanol–water partition coefficient (Wildman–Crippen LogP) is 0.229. The highest BCUT2D eigenvalue weighted by atomic mass is 32.2. The van der Waals surface area contributed by atoms with E-state index in [-0.39, 0.29) is 22.9 Å². The molecule has 0 saturated carbocycles. The maximum absolute atomic E-state index is 12.0. The van der Waals surface area contributed by atoms with E-state index in [1.807, 2.05) is 0 Å². The van der Waals surface area contributed by atoms with Gasteiger partial charge in [0.15, 0.2) is 0 Å². The Morgan fingerprint density at radius 1 is 1.53 bits per heavy atom. The number of hydrogen-bond acceptors (Lipinski definition) is 6. The van der Waals surface area contributed by atoms with Crippen molar-refractivity contribution in [2.45, 2.75) is 17.9 Å². The molecule has 0 bridgehead atoms. The number of sulfonamides is 1. The second-order valence-corrected chi connectivity index (χ2v) is 5.53. The summed E-state index contributed by atoms with van der Waals surface area (Å²) < 4.78 is 31.3. The van der Waals surface area contributed by atoms with Crippen molar-refractivity contribution < 1.29 is 18.1 Å². The average Bonchev–Trinajstić information content (AvgIpc) is 2.37. The fraction of sp³-hybridized carbons (Fsp3) is 0.400. The molecule has 0 amide bonds. The first-order valence-corrected chi connectivity index (χ1v) is 6.85. The van der Waals surface area contributed by atoms with Crippen molar-refractivity contribution in [2.75, 3.05) is 13.7 Å². The second kappa shape index (κ2) is 5.95. The average molecular weight is 289 g/mol. The fourth-order valence-electron chi connectivity index (χ4n) is 1.37. The number of benzene rings is 1. The second-order valence-electron chi connectivity index (χ2n) is 3.85. The number of methoxy groups -OCH3 is 1. The molecule has 106 valence electrons. The molecule has 8 nitrogen and oxygen atoms in total. The van der Waals surface area contributed by atoms with Gasteiger partial charge in [0.25, 0.3) is 5.69 Å². The van der Waals surface area contributed by atoms with E-state index in [4.69, 9.17) is 10.5 Å². The Balaban J connectivity index is 3.23. The van der Waals surface area contributed by atoms with Gasteiger partial charge in [-0.25, -0.2) is 13.1 Å². The van der Waals surface area contributed by atoms with Gasteiger partial charge < -0.3 is 10.5 Å². The van der Waals surface area contributed by atoms with Gasteiger partial charge in [-0.15, -0.1) is 0 Å². The van der Waals surface area contributed by atoms with Crippen LogP contribution in [0.25, 0.3) is 0 Å². The van der Waals surface area contributed by atoms with Gasteiger partial charge in [-0.1, -0.05) is 0 Å². The smallest absolute Gasteiger partial charge is 0.273 e. The summed E-state index contributed by atoms with van der Waals surface area (Å²) >= 11 is 0. The topological polar surface area (TPSA) is 125 Å². The van der Waals surface area contributed by atoms with Crippen molar-refractivity contribution in [1.82, 2.24) is 4.72 Å². The number of nitrogens with two attached hydrogens (primary N) is 1. The number of nitrogens with one attached hydrogen (secondary N) is 1. The van der Waals surface area contributed by atoms with Gasteiger partial charge in [-0.05, 0) is 13.0 Å². The van der Waals surface area contributed by atoms with Crippen molar-refractivity contribution in [1.29, 1.82) is 0 Å². The van der Waals surface area contributed by atoms with E-state index < -0.39 is 21.0 Å². The molecule has 0 radical (unpaired) electrons. The lowest BCUT2D eigenvalue weighted by atomic mass is 10.3. The molecule has 0 aliphatic carbocycles. The summed E-state index contributed by atoms with van der Waals surface area (Å²) in [5.41, 5.74) is 5.10. The van der Waals surface area contributed by atoms with Crippen LogP contribution in [0.5, 0.6) is 5.75 Å². The molecule has 1 aromatic rings. The molecule has 0 aromatic heterocycles. The van der Waals surface area contributed by atoms with Gasteiger partial charge in [0.2, 0.25) is 10.0 Å². The van der Waals surface area contributed by atoms with Gasteiger partial charge in [0, 0.05) is 18.7 Å². The van der Waals surface area contributed by atoms with Crippen molar-refractivity contribution in [3.8, 4) is 5.75 Å². The summed E-state index contributed by atoms with van der Waals surface area (Å²) in [6.07, 6.45) is 0. The molecule has 1 rings (SSSR count). The lowest BCUT2D eigenvalue weighted by Gasteiger charge is -2.14. The van der Waals surface area contributed by atoms with Crippen molar-refractivity contribution in [3.63, 3.8) is 0 Å². The zero-order valence-electron chi connectivity index (χ0n) is 10.5. The maximum Gasteiger partial charge on any atom is 0.273 e. The molecule has 0 aliphatic rings. The lowest BCUT2D eigenvalue weighted by Crippen LogP contribution is -2.37. The SMILES string of the molecule is COc1cc([N+](=O)[O-])ccc1S(=O)(=O)NC(C)CN. The first-order valence-electron chi connectivity index (χ1n) is 5.36. The monoisotopic (exact) mass is 289 g/mol. The standard InChI is InChI=1S/C10H15N3O5S/c1-7(6-11)12-19(16,17)10-4-3-8(13(14)15)5-9(10)18-2/h3-5,7,12H,6,11H2,1-2H3. The van der Waals surface area contributed by atoms with Crippen LogP contribution in [0.4, 0.5) is 5.69 Å². The Morgan fingerprint density at radius 2 is 2.16 bits per heavy atom. The zero-order chi connectivity index (χ0) is 14.6. The summed E-state index contributed by atoms with van der Waals surface area (Å²) in [7, 11) is -2.59.